The smallest absolute Gasteiger partial charge is 0.154 e. The van der Waals surface area contributed by atoms with Crippen molar-refractivity contribution in [3.05, 3.63) is 23.3 Å². The summed E-state index contributed by atoms with van der Waals surface area (Å²) < 4.78 is 5.08. The van der Waals surface area contributed by atoms with Crippen molar-refractivity contribution in [2.75, 3.05) is 14.2 Å². The van der Waals surface area contributed by atoms with Crippen molar-refractivity contribution < 1.29 is 4.74 Å². The van der Waals surface area contributed by atoms with Crippen LogP contribution < -0.4 is 5.32 Å². The molecule has 2 rings (SSSR count). The Hall–Kier alpha value is -1.00. The molecule has 17 heavy (non-hydrogen) atoms. The topological polar surface area (TPSA) is 47.0 Å². The van der Waals surface area contributed by atoms with E-state index in [0.717, 1.165) is 18.7 Å². The van der Waals surface area contributed by atoms with Gasteiger partial charge < -0.3 is 10.1 Å². The summed E-state index contributed by atoms with van der Waals surface area (Å²) in [5, 5.41) is 3.36. The molecule has 1 N–H and O–H groups in total. The summed E-state index contributed by atoms with van der Waals surface area (Å²) in [6.45, 7) is 5.06. The molecule has 1 unspecified atom stereocenters. The number of ether oxygens (including phenoxy) is 1. The van der Waals surface area contributed by atoms with Crippen molar-refractivity contribution in [2.45, 2.75) is 39.3 Å². The largest absolute Gasteiger partial charge is 0.377 e. The minimum absolute atomic E-state index is 0.291. The van der Waals surface area contributed by atoms with Gasteiger partial charge >= 0.3 is 0 Å². The predicted octanol–water partition coefficient (Wildman–Crippen LogP) is 1.86. The van der Waals surface area contributed by atoms with Gasteiger partial charge in [0.25, 0.3) is 0 Å². The third-order valence-electron chi connectivity index (χ3n) is 3.35. The number of aromatic nitrogens is 2. The standard InChI is InChI=1S/C13H21N3O/c1-13(2)5-10(14-3)9-7-15-12(8-17-4)16-11(9)6-13/h7,10,14H,5-6,8H2,1-4H3. The van der Waals surface area contributed by atoms with E-state index in [1.807, 2.05) is 13.2 Å². The Morgan fingerprint density at radius 1 is 1.53 bits per heavy atom. The first-order valence-electron chi connectivity index (χ1n) is 6.06. The van der Waals surface area contributed by atoms with Crippen molar-refractivity contribution >= 4 is 0 Å². The van der Waals surface area contributed by atoms with Crippen molar-refractivity contribution in [3.63, 3.8) is 0 Å². The summed E-state index contributed by atoms with van der Waals surface area (Å²) in [6, 6.07) is 0.366. The van der Waals surface area contributed by atoms with Gasteiger partial charge in [0.2, 0.25) is 0 Å². The molecule has 0 fully saturated rings. The third-order valence-corrected chi connectivity index (χ3v) is 3.35. The average Bonchev–Trinajstić information content (AvgIpc) is 2.26. The molecular weight excluding hydrogens is 214 g/mol. The van der Waals surface area contributed by atoms with Crippen LogP contribution in [-0.4, -0.2) is 24.1 Å². The summed E-state index contributed by atoms with van der Waals surface area (Å²) in [6.07, 6.45) is 4.09. The van der Waals surface area contributed by atoms with Crippen molar-refractivity contribution in [2.24, 2.45) is 5.41 Å². The van der Waals surface area contributed by atoms with E-state index in [0.29, 0.717) is 18.1 Å². The zero-order valence-electron chi connectivity index (χ0n) is 11.1. The third kappa shape index (κ3) is 2.64. The van der Waals surface area contributed by atoms with Crippen LogP contribution in [0.2, 0.25) is 0 Å². The fourth-order valence-corrected chi connectivity index (χ4v) is 2.54. The van der Waals surface area contributed by atoms with Gasteiger partial charge in [0.1, 0.15) is 6.61 Å². The van der Waals surface area contributed by atoms with Crippen molar-refractivity contribution in [1.29, 1.82) is 0 Å². The van der Waals surface area contributed by atoms with Gasteiger partial charge in [-0.15, -0.1) is 0 Å². The first-order chi connectivity index (χ1) is 8.05. The number of rotatable bonds is 3. The number of nitrogens with one attached hydrogen (secondary N) is 1. The SMILES string of the molecule is CNC1CC(C)(C)Cc2nc(COC)ncc21. The number of nitrogens with zero attached hydrogens (tertiary/aromatic N) is 2. The number of fused-ring (bicyclic) bond motifs is 1. The Kier molecular flexibility index (Phi) is 3.45. The van der Waals surface area contributed by atoms with Gasteiger partial charge in [0.15, 0.2) is 5.82 Å². The normalized spacial score (nSPS) is 22.2. The molecule has 0 aliphatic heterocycles. The quantitative estimate of drug-likeness (QED) is 0.868. The highest BCUT2D eigenvalue weighted by Gasteiger charge is 2.32. The lowest BCUT2D eigenvalue weighted by molar-refractivity contribution is 0.176. The molecule has 0 saturated heterocycles. The molecule has 0 amide bonds. The van der Waals surface area contributed by atoms with Crippen molar-refractivity contribution in [1.82, 2.24) is 15.3 Å². The summed E-state index contributed by atoms with van der Waals surface area (Å²) in [5.41, 5.74) is 2.70. The molecule has 0 bridgehead atoms. The first kappa shape index (κ1) is 12.5. The summed E-state index contributed by atoms with van der Waals surface area (Å²) in [7, 11) is 3.67. The maximum absolute atomic E-state index is 5.08. The lowest BCUT2D eigenvalue weighted by atomic mass is 9.74. The summed E-state index contributed by atoms with van der Waals surface area (Å²) in [4.78, 5) is 8.97. The Morgan fingerprint density at radius 3 is 2.94 bits per heavy atom. The van der Waals surface area contributed by atoms with Crippen LogP contribution in [0, 0.1) is 5.41 Å². The Morgan fingerprint density at radius 2 is 2.29 bits per heavy atom. The van der Waals surface area contributed by atoms with Gasteiger partial charge in [0.05, 0.1) is 0 Å². The molecule has 1 aliphatic carbocycles. The van der Waals surface area contributed by atoms with E-state index in [1.165, 1.54) is 11.3 Å². The summed E-state index contributed by atoms with van der Waals surface area (Å²) >= 11 is 0. The monoisotopic (exact) mass is 235 g/mol. The van der Waals surface area contributed by atoms with Gasteiger partial charge in [-0.25, -0.2) is 9.97 Å². The molecule has 1 heterocycles. The van der Waals surface area contributed by atoms with Crippen LogP contribution in [0.15, 0.2) is 6.20 Å². The predicted molar refractivity (Wildman–Crippen MR) is 66.6 cm³/mol. The Bertz CT molecular complexity index is 404. The Labute approximate surface area is 103 Å². The van der Waals surface area contributed by atoms with Crippen LogP contribution in [0.3, 0.4) is 0 Å². The zero-order valence-corrected chi connectivity index (χ0v) is 11.1. The van der Waals surface area contributed by atoms with Crippen LogP contribution in [0.4, 0.5) is 0 Å². The van der Waals surface area contributed by atoms with Crippen LogP contribution in [0.5, 0.6) is 0 Å². The van der Waals surface area contributed by atoms with Gasteiger partial charge in [-0.05, 0) is 25.3 Å². The maximum Gasteiger partial charge on any atom is 0.154 e. The number of hydrogen-bond donors (Lipinski definition) is 1. The van der Waals surface area contributed by atoms with Crippen LogP contribution in [0.1, 0.15) is 43.4 Å². The highest BCUT2D eigenvalue weighted by molar-refractivity contribution is 5.26. The maximum atomic E-state index is 5.08. The van der Waals surface area contributed by atoms with Gasteiger partial charge in [0, 0.05) is 30.6 Å². The first-order valence-corrected chi connectivity index (χ1v) is 6.06. The van der Waals surface area contributed by atoms with E-state index in [-0.39, 0.29) is 0 Å². The number of methoxy groups -OCH3 is 1. The second-order valence-electron chi connectivity index (χ2n) is 5.51. The van der Waals surface area contributed by atoms with E-state index >= 15 is 0 Å². The molecule has 94 valence electrons. The molecule has 4 heteroatoms. The average molecular weight is 235 g/mol. The fraction of sp³-hybridized carbons (Fsp3) is 0.692. The second-order valence-corrected chi connectivity index (χ2v) is 5.51. The van der Waals surface area contributed by atoms with Crippen molar-refractivity contribution in [3.8, 4) is 0 Å². The van der Waals surface area contributed by atoms with E-state index in [4.69, 9.17) is 4.74 Å². The molecular formula is C13H21N3O. The zero-order chi connectivity index (χ0) is 12.5. The fourth-order valence-electron chi connectivity index (χ4n) is 2.54. The molecule has 1 aromatic rings. The van der Waals surface area contributed by atoms with E-state index in [9.17, 15) is 0 Å². The Balaban J connectivity index is 2.35. The molecule has 0 spiro atoms. The van der Waals surface area contributed by atoms with Crippen LogP contribution in [0.25, 0.3) is 0 Å². The van der Waals surface area contributed by atoms with Gasteiger partial charge in [-0.1, -0.05) is 13.8 Å². The molecule has 0 saturated carbocycles. The molecule has 0 aromatic carbocycles. The molecule has 1 aliphatic rings. The second kappa shape index (κ2) is 4.70. The molecule has 1 aromatic heterocycles. The minimum atomic E-state index is 0.291. The highest BCUT2D eigenvalue weighted by Crippen LogP contribution is 2.39. The number of hydrogen-bond acceptors (Lipinski definition) is 4. The molecule has 0 radical (unpaired) electrons. The lowest BCUT2D eigenvalue weighted by Crippen LogP contribution is -2.32. The highest BCUT2D eigenvalue weighted by atomic mass is 16.5. The van der Waals surface area contributed by atoms with E-state index < -0.39 is 0 Å². The lowest BCUT2D eigenvalue weighted by Gasteiger charge is -2.36. The van der Waals surface area contributed by atoms with Crippen LogP contribution >= 0.6 is 0 Å². The summed E-state index contributed by atoms with van der Waals surface area (Å²) in [5.74, 6) is 0.777. The molecule has 4 nitrogen and oxygen atoms in total. The van der Waals surface area contributed by atoms with Gasteiger partial charge in [-0.2, -0.15) is 0 Å². The van der Waals surface area contributed by atoms with E-state index in [2.05, 4.69) is 29.1 Å². The van der Waals surface area contributed by atoms with Crippen LogP contribution in [-0.2, 0) is 17.8 Å². The van der Waals surface area contributed by atoms with E-state index in [1.54, 1.807) is 7.11 Å². The molecule has 1 atom stereocenters. The van der Waals surface area contributed by atoms with Gasteiger partial charge in [-0.3, -0.25) is 0 Å². The minimum Gasteiger partial charge on any atom is -0.377 e.